The number of rotatable bonds is 8. The van der Waals surface area contributed by atoms with Crippen LogP contribution in [-0.2, 0) is 0 Å². The summed E-state index contributed by atoms with van der Waals surface area (Å²) in [6.07, 6.45) is 0. The van der Waals surface area contributed by atoms with E-state index < -0.39 is 0 Å². The molecule has 9 aromatic rings. The quantitative estimate of drug-likeness (QED) is 0.148. The molecule has 4 heteroatoms. The maximum Gasteiger partial charge on any atom is 0.118 e. The van der Waals surface area contributed by atoms with E-state index in [1.165, 1.54) is 54.2 Å². The summed E-state index contributed by atoms with van der Waals surface area (Å²) in [5.41, 5.74) is 9.21. The van der Waals surface area contributed by atoms with Crippen LogP contribution in [0.3, 0.4) is 0 Å². The van der Waals surface area contributed by atoms with Crippen molar-refractivity contribution < 1.29 is 18.9 Å². The summed E-state index contributed by atoms with van der Waals surface area (Å²) >= 11 is 0. The van der Waals surface area contributed by atoms with Gasteiger partial charge in [-0.3, -0.25) is 0 Å². The topological polar surface area (TPSA) is 36.9 Å². The minimum Gasteiger partial charge on any atom is -0.497 e. The minimum absolute atomic E-state index is 0.828. The van der Waals surface area contributed by atoms with E-state index >= 15 is 0 Å². The SMILES string of the molecule is COc1ccc(-c2ccc3ccc4c5ccc6ccc(-c7ccc(OC)cc7)c(-c7ccc(OC)cc7)c6c5ccc4c3c2-c2ccc(OC)cc2)cc1. The van der Waals surface area contributed by atoms with E-state index in [1.54, 1.807) is 28.4 Å². The van der Waals surface area contributed by atoms with Crippen LogP contribution in [-0.4, -0.2) is 28.4 Å². The second-order valence-corrected chi connectivity index (χ2v) is 13.5. The fraction of sp³-hybridized carbons (Fsp3) is 0.0800. The van der Waals surface area contributed by atoms with Crippen LogP contribution >= 0.6 is 0 Å². The molecule has 4 nitrogen and oxygen atoms in total. The first-order valence-corrected chi connectivity index (χ1v) is 18.0. The van der Waals surface area contributed by atoms with Crippen LogP contribution in [0.4, 0.5) is 0 Å². The molecule has 0 spiro atoms. The van der Waals surface area contributed by atoms with Gasteiger partial charge in [0.2, 0.25) is 0 Å². The van der Waals surface area contributed by atoms with Crippen molar-refractivity contribution in [1.29, 1.82) is 0 Å². The lowest BCUT2D eigenvalue weighted by Gasteiger charge is -2.19. The molecular formula is C50H38O4. The van der Waals surface area contributed by atoms with Crippen molar-refractivity contribution in [2.45, 2.75) is 0 Å². The molecule has 0 aliphatic carbocycles. The lowest BCUT2D eigenvalue weighted by Crippen LogP contribution is -1.93. The molecule has 0 aliphatic rings. The average molecular weight is 703 g/mol. The molecule has 54 heavy (non-hydrogen) atoms. The average Bonchev–Trinajstić information content (AvgIpc) is 3.25. The van der Waals surface area contributed by atoms with Gasteiger partial charge < -0.3 is 18.9 Å². The maximum atomic E-state index is 5.56. The zero-order chi connectivity index (χ0) is 36.8. The molecule has 9 rings (SSSR count). The van der Waals surface area contributed by atoms with Gasteiger partial charge >= 0.3 is 0 Å². The molecule has 0 radical (unpaired) electrons. The fourth-order valence-corrected chi connectivity index (χ4v) is 8.01. The van der Waals surface area contributed by atoms with Crippen molar-refractivity contribution in [3.63, 3.8) is 0 Å². The smallest absolute Gasteiger partial charge is 0.118 e. The molecule has 9 aromatic carbocycles. The molecule has 0 amide bonds. The van der Waals surface area contributed by atoms with E-state index in [1.807, 2.05) is 48.5 Å². The molecule has 0 aliphatic heterocycles. The van der Waals surface area contributed by atoms with Gasteiger partial charge in [0.05, 0.1) is 28.4 Å². The van der Waals surface area contributed by atoms with Crippen LogP contribution in [0.15, 0.2) is 158 Å². The third kappa shape index (κ3) is 5.55. The minimum atomic E-state index is 0.828. The van der Waals surface area contributed by atoms with Gasteiger partial charge in [-0.15, -0.1) is 0 Å². The Morgan fingerprint density at radius 1 is 0.259 bits per heavy atom. The van der Waals surface area contributed by atoms with Crippen molar-refractivity contribution in [3.05, 3.63) is 158 Å². The standard InChI is InChI=1S/C50H38O4/c1-51-37-17-5-31(6-18-37)41-25-13-35-15-27-43-44-28-16-36-14-26-42(32-7-19-38(52-2)20-8-32)48(34-11-23-40(54-4)24-12-34)50(36)46(44)30-29-45(43)49(35)47(41)33-9-21-39(53-3)22-10-33/h5-30H,1-4H3. The zero-order valence-electron chi connectivity index (χ0n) is 30.6. The first-order chi connectivity index (χ1) is 26.6. The van der Waals surface area contributed by atoms with E-state index in [0.717, 1.165) is 56.4 Å². The fourth-order valence-electron chi connectivity index (χ4n) is 8.01. The first kappa shape index (κ1) is 33.1. The molecule has 0 unspecified atom stereocenters. The molecule has 0 saturated heterocycles. The van der Waals surface area contributed by atoms with E-state index in [9.17, 15) is 0 Å². The molecule has 0 bridgehead atoms. The summed E-state index contributed by atoms with van der Waals surface area (Å²) in [4.78, 5) is 0. The van der Waals surface area contributed by atoms with Gasteiger partial charge in [-0.05, 0) is 136 Å². The summed E-state index contributed by atoms with van der Waals surface area (Å²) in [6.45, 7) is 0. The number of ether oxygens (including phenoxy) is 4. The summed E-state index contributed by atoms with van der Waals surface area (Å²) < 4.78 is 22.1. The Morgan fingerprint density at radius 2 is 0.537 bits per heavy atom. The predicted octanol–water partition coefficient (Wildman–Crippen LogP) is 13.0. The third-order valence-electron chi connectivity index (χ3n) is 10.7. The largest absolute Gasteiger partial charge is 0.497 e. The number of fused-ring (bicyclic) bond motifs is 7. The van der Waals surface area contributed by atoms with Crippen molar-refractivity contribution >= 4 is 43.1 Å². The third-order valence-corrected chi connectivity index (χ3v) is 10.7. The lowest BCUT2D eigenvalue weighted by molar-refractivity contribution is 0.414. The highest BCUT2D eigenvalue weighted by Gasteiger charge is 2.19. The Hall–Kier alpha value is -6.78. The van der Waals surface area contributed by atoms with Gasteiger partial charge in [-0.1, -0.05) is 109 Å². The van der Waals surface area contributed by atoms with E-state index in [2.05, 4.69) is 109 Å². The van der Waals surface area contributed by atoms with Crippen LogP contribution in [0.1, 0.15) is 0 Å². The van der Waals surface area contributed by atoms with E-state index in [4.69, 9.17) is 18.9 Å². The van der Waals surface area contributed by atoms with Crippen LogP contribution in [0.5, 0.6) is 23.0 Å². The highest BCUT2D eigenvalue weighted by atomic mass is 16.5. The molecular weight excluding hydrogens is 665 g/mol. The Labute approximate surface area is 314 Å². The predicted molar refractivity (Wildman–Crippen MR) is 224 cm³/mol. The first-order valence-electron chi connectivity index (χ1n) is 18.0. The molecule has 0 atom stereocenters. The number of hydrogen-bond donors (Lipinski definition) is 0. The van der Waals surface area contributed by atoms with Crippen LogP contribution in [0.25, 0.3) is 87.6 Å². The Morgan fingerprint density at radius 3 is 0.852 bits per heavy atom. The number of hydrogen-bond acceptors (Lipinski definition) is 4. The molecule has 0 aromatic heterocycles. The summed E-state index contributed by atoms with van der Waals surface area (Å²) in [7, 11) is 6.82. The highest BCUT2D eigenvalue weighted by molar-refractivity contribution is 6.27. The van der Waals surface area contributed by atoms with Gasteiger partial charge in [-0.2, -0.15) is 0 Å². The van der Waals surface area contributed by atoms with Crippen molar-refractivity contribution in [1.82, 2.24) is 0 Å². The Balaban J connectivity index is 1.36. The molecule has 0 heterocycles. The van der Waals surface area contributed by atoms with E-state index in [-0.39, 0.29) is 0 Å². The second-order valence-electron chi connectivity index (χ2n) is 13.5. The summed E-state index contributed by atoms with van der Waals surface area (Å²) in [5.74, 6) is 3.32. The highest BCUT2D eigenvalue weighted by Crippen LogP contribution is 2.46. The Bertz CT molecular complexity index is 2620. The Kier molecular flexibility index (Phi) is 8.36. The van der Waals surface area contributed by atoms with Crippen LogP contribution in [0, 0.1) is 0 Å². The maximum absolute atomic E-state index is 5.56. The molecule has 262 valence electrons. The monoisotopic (exact) mass is 702 g/mol. The normalized spacial score (nSPS) is 11.3. The van der Waals surface area contributed by atoms with Gasteiger partial charge in [0, 0.05) is 0 Å². The van der Waals surface area contributed by atoms with Crippen molar-refractivity contribution in [3.8, 4) is 67.5 Å². The van der Waals surface area contributed by atoms with Crippen molar-refractivity contribution in [2.75, 3.05) is 28.4 Å². The number of benzene rings is 9. The molecule has 0 fully saturated rings. The van der Waals surface area contributed by atoms with Gasteiger partial charge in [0.25, 0.3) is 0 Å². The van der Waals surface area contributed by atoms with Gasteiger partial charge in [0.1, 0.15) is 23.0 Å². The van der Waals surface area contributed by atoms with Gasteiger partial charge in [-0.25, -0.2) is 0 Å². The van der Waals surface area contributed by atoms with E-state index in [0.29, 0.717) is 0 Å². The summed E-state index contributed by atoms with van der Waals surface area (Å²) in [6, 6.07) is 56.2. The summed E-state index contributed by atoms with van der Waals surface area (Å²) in [5, 5.41) is 9.64. The van der Waals surface area contributed by atoms with Crippen LogP contribution < -0.4 is 18.9 Å². The van der Waals surface area contributed by atoms with Crippen molar-refractivity contribution in [2.24, 2.45) is 0 Å². The zero-order valence-corrected chi connectivity index (χ0v) is 30.6. The van der Waals surface area contributed by atoms with Gasteiger partial charge in [0.15, 0.2) is 0 Å². The second kappa shape index (κ2) is 13.6. The lowest BCUT2D eigenvalue weighted by atomic mass is 9.84. The van der Waals surface area contributed by atoms with Crippen LogP contribution in [0.2, 0.25) is 0 Å². The molecule has 0 saturated carbocycles. The molecule has 0 N–H and O–H groups in total. The number of methoxy groups -OCH3 is 4.